The van der Waals surface area contributed by atoms with Crippen molar-refractivity contribution in [2.75, 3.05) is 6.54 Å². The van der Waals surface area contributed by atoms with Gasteiger partial charge in [-0.3, -0.25) is 0 Å². The molecule has 2 heteroatoms. The van der Waals surface area contributed by atoms with Crippen LogP contribution < -0.4 is 5.32 Å². The van der Waals surface area contributed by atoms with E-state index in [0.29, 0.717) is 12.0 Å². The van der Waals surface area contributed by atoms with E-state index in [4.69, 9.17) is 0 Å². The van der Waals surface area contributed by atoms with Crippen LogP contribution in [0.15, 0.2) is 18.2 Å². The van der Waals surface area contributed by atoms with E-state index in [9.17, 15) is 4.39 Å². The lowest BCUT2D eigenvalue weighted by molar-refractivity contribution is 0.158. The van der Waals surface area contributed by atoms with Crippen LogP contribution in [0.25, 0.3) is 0 Å². The summed E-state index contributed by atoms with van der Waals surface area (Å²) in [7, 11) is 0. The lowest BCUT2D eigenvalue weighted by atomic mass is 9.59. The Balaban J connectivity index is 2.18. The van der Waals surface area contributed by atoms with Gasteiger partial charge in [-0.2, -0.15) is 0 Å². The molecule has 86 valence electrons. The van der Waals surface area contributed by atoms with Crippen molar-refractivity contribution in [3.8, 4) is 0 Å². The maximum absolute atomic E-state index is 13.4. The van der Waals surface area contributed by atoms with Crippen LogP contribution in [0.1, 0.15) is 31.4 Å². The van der Waals surface area contributed by atoms with Crippen molar-refractivity contribution in [3.63, 3.8) is 0 Å². The molecule has 2 aliphatic rings. The van der Waals surface area contributed by atoms with Crippen molar-refractivity contribution in [2.24, 2.45) is 5.92 Å². The minimum absolute atomic E-state index is 0.0934. The third-order valence-corrected chi connectivity index (χ3v) is 4.79. The van der Waals surface area contributed by atoms with E-state index in [1.807, 2.05) is 6.07 Å². The fourth-order valence-corrected chi connectivity index (χ4v) is 3.49. The molecular formula is C14H18FN. The van der Waals surface area contributed by atoms with Gasteiger partial charge in [-0.15, -0.1) is 0 Å². The lowest BCUT2D eigenvalue weighted by Gasteiger charge is -2.50. The minimum atomic E-state index is -0.0934. The van der Waals surface area contributed by atoms with Crippen LogP contribution in [0.3, 0.4) is 0 Å². The Labute approximate surface area is 96.1 Å². The summed E-state index contributed by atoms with van der Waals surface area (Å²) in [5.41, 5.74) is 2.74. The van der Waals surface area contributed by atoms with Crippen LogP contribution in [0.5, 0.6) is 0 Å². The van der Waals surface area contributed by atoms with Crippen molar-refractivity contribution in [1.82, 2.24) is 5.32 Å². The number of rotatable bonds is 0. The highest BCUT2D eigenvalue weighted by Gasteiger charge is 2.45. The predicted molar refractivity (Wildman–Crippen MR) is 63.0 cm³/mol. The normalized spacial score (nSPS) is 36.9. The first-order chi connectivity index (χ1) is 7.61. The van der Waals surface area contributed by atoms with Crippen molar-refractivity contribution in [2.45, 2.75) is 38.1 Å². The summed E-state index contributed by atoms with van der Waals surface area (Å²) in [5, 5.41) is 3.59. The minimum Gasteiger partial charge on any atom is -0.313 e. The predicted octanol–water partition coefficient (Wildman–Crippen LogP) is 2.64. The fourth-order valence-electron chi connectivity index (χ4n) is 3.49. The highest BCUT2D eigenvalue weighted by Crippen LogP contribution is 2.45. The molecule has 1 aliphatic heterocycles. The topological polar surface area (TPSA) is 12.0 Å². The molecule has 0 saturated carbocycles. The molecule has 1 fully saturated rings. The maximum Gasteiger partial charge on any atom is 0.123 e. The molecule has 1 heterocycles. The second-order valence-electron chi connectivity index (χ2n) is 5.52. The van der Waals surface area contributed by atoms with Gasteiger partial charge in [0.25, 0.3) is 0 Å². The molecule has 3 atom stereocenters. The molecule has 1 aliphatic carbocycles. The number of hydrogen-bond donors (Lipinski definition) is 1. The van der Waals surface area contributed by atoms with Gasteiger partial charge in [0.1, 0.15) is 5.82 Å². The summed E-state index contributed by atoms with van der Waals surface area (Å²) >= 11 is 0. The van der Waals surface area contributed by atoms with Gasteiger partial charge in [0.15, 0.2) is 0 Å². The first-order valence-electron chi connectivity index (χ1n) is 6.13. The van der Waals surface area contributed by atoms with Crippen LogP contribution in [0, 0.1) is 11.7 Å². The van der Waals surface area contributed by atoms with Gasteiger partial charge < -0.3 is 5.32 Å². The number of fused-ring (bicyclic) bond motifs is 4. The third kappa shape index (κ3) is 1.26. The van der Waals surface area contributed by atoms with Crippen LogP contribution >= 0.6 is 0 Å². The van der Waals surface area contributed by atoms with E-state index in [1.54, 1.807) is 12.1 Å². The number of halogens is 1. The Bertz CT molecular complexity index is 429. The molecule has 0 amide bonds. The molecule has 1 nitrogen and oxygen atoms in total. The van der Waals surface area contributed by atoms with Crippen molar-refractivity contribution < 1.29 is 4.39 Å². The summed E-state index contributed by atoms with van der Waals surface area (Å²) < 4.78 is 13.4. The molecule has 0 aromatic heterocycles. The van der Waals surface area contributed by atoms with E-state index < -0.39 is 0 Å². The van der Waals surface area contributed by atoms with Gasteiger partial charge in [0, 0.05) is 6.04 Å². The van der Waals surface area contributed by atoms with Gasteiger partial charge >= 0.3 is 0 Å². The standard InChI is InChI=1S/C14H18FN/c1-9-13-7-10-3-4-11(15)8-12(10)14(9,2)5-6-16-13/h3-4,8-9,13,16H,5-7H2,1-2H3/t9-,13+,14+/m1/s1. The third-order valence-electron chi connectivity index (χ3n) is 4.79. The Morgan fingerprint density at radius 2 is 2.25 bits per heavy atom. The van der Waals surface area contributed by atoms with Gasteiger partial charge in [-0.05, 0) is 54.0 Å². The zero-order chi connectivity index (χ0) is 11.3. The zero-order valence-corrected chi connectivity index (χ0v) is 9.89. The second kappa shape index (κ2) is 3.30. The van der Waals surface area contributed by atoms with E-state index in [0.717, 1.165) is 19.4 Å². The first-order valence-corrected chi connectivity index (χ1v) is 6.13. The van der Waals surface area contributed by atoms with Crippen LogP contribution in [0.2, 0.25) is 0 Å². The van der Waals surface area contributed by atoms with E-state index in [2.05, 4.69) is 19.2 Å². The quantitative estimate of drug-likeness (QED) is 0.707. The SMILES string of the molecule is C[C@@H]1[C@@H]2Cc3ccc(F)cc3[C@@]1(C)CCN2. The van der Waals surface area contributed by atoms with Gasteiger partial charge in [-0.25, -0.2) is 4.39 Å². The van der Waals surface area contributed by atoms with E-state index in [-0.39, 0.29) is 11.2 Å². The molecule has 1 aromatic rings. The molecule has 0 radical (unpaired) electrons. The average Bonchev–Trinajstić information content (AvgIpc) is 2.25. The average molecular weight is 219 g/mol. The van der Waals surface area contributed by atoms with Crippen molar-refractivity contribution >= 4 is 0 Å². The van der Waals surface area contributed by atoms with Crippen LogP contribution in [0.4, 0.5) is 4.39 Å². The number of piperidine rings is 1. The molecule has 1 N–H and O–H groups in total. The van der Waals surface area contributed by atoms with E-state index in [1.165, 1.54) is 11.1 Å². The first kappa shape index (κ1) is 10.3. The second-order valence-corrected chi connectivity index (χ2v) is 5.52. The Kier molecular flexibility index (Phi) is 2.12. The van der Waals surface area contributed by atoms with Gasteiger partial charge in [0.2, 0.25) is 0 Å². The molecule has 16 heavy (non-hydrogen) atoms. The fraction of sp³-hybridized carbons (Fsp3) is 0.571. The molecule has 1 aromatic carbocycles. The lowest BCUT2D eigenvalue weighted by Crippen LogP contribution is -2.56. The Hall–Kier alpha value is -0.890. The van der Waals surface area contributed by atoms with Crippen molar-refractivity contribution in [1.29, 1.82) is 0 Å². The highest BCUT2D eigenvalue weighted by atomic mass is 19.1. The number of hydrogen-bond acceptors (Lipinski definition) is 1. The summed E-state index contributed by atoms with van der Waals surface area (Å²) in [6.07, 6.45) is 2.16. The Morgan fingerprint density at radius 3 is 3.06 bits per heavy atom. The monoisotopic (exact) mass is 219 g/mol. The highest BCUT2D eigenvalue weighted by molar-refractivity contribution is 5.40. The molecule has 2 bridgehead atoms. The summed E-state index contributed by atoms with van der Waals surface area (Å²) in [6, 6.07) is 5.88. The molecule has 3 rings (SSSR count). The summed E-state index contributed by atoms with van der Waals surface area (Å²) in [5.74, 6) is 0.500. The molecule has 0 spiro atoms. The van der Waals surface area contributed by atoms with Gasteiger partial charge in [0.05, 0.1) is 0 Å². The molecule has 0 unspecified atom stereocenters. The number of nitrogens with one attached hydrogen (secondary N) is 1. The number of benzene rings is 1. The van der Waals surface area contributed by atoms with Crippen LogP contribution in [-0.4, -0.2) is 12.6 Å². The van der Waals surface area contributed by atoms with Gasteiger partial charge in [-0.1, -0.05) is 19.9 Å². The van der Waals surface area contributed by atoms with E-state index >= 15 is 0 Å². The largest absolute Gasteiger partial charge is 0.313 e. The van der Waals surface area contributed by atoms with Crippen LogP contribution in [-0.2, 0) is 11.8 Å². The Morgan fingerprint density at radius 1 is 1.44 bits per heavy atom. The van der Waals surface area contributed by atoms with Crippen molar-refractivity contribution in [3.05, 3.63) is 35.1 Å². The zero-order valence-electron chi connectivity index (χ0n) is 9.89. The maximum atomic E-state index is 13.4. The smallest absolute Gasteiger partial charge is 0.123 e. The molecule has 1 saturated heterocycles. The summed E-state index contributed by atoms with van der Waals surface area (Å²) in [6.45, 7) is 5.65. The summed E-state index contributed by atoms with van der Waals surface area (Å²) in [4.78, 5) is 0. The molecular weight excluding hydrogens is 201 g/mol.